The van der Waals surface area contributed by atoms with E-state index in [1.807, 2.05) is 34.9 Å². The summed E-state index contributed by atoms with van der Waals surface area (Å²) in [6.45, 7) is 0. The lowest BCUT2D eigenvalue weighted by Gasteiger charge is -2.10. The number of hydrogen-bond acceptors (Lipinski definition) is 3. The SMILES string of the molecule is c1cnc2c(c1)ccc1cccc(-c3cccc4c3sc3c(-c5cccc6c5sc5ccccc56)cccc34)c12. The summed E-state index contributed by atoms with van der Waals surface area (Å²) >= 11 is 3.82. The van der Waals surface area contributed by atoms with Crippen LogP contribution < -0.4 is 0 Å². The summed E-state index contributed by atoms with van der Waals surface area (Å²) < 4.78 is 5.38. The van der Waals surface area contributed by atoms with E-state index in [1.54, 1.807) is 0 Å². The Bertz CT molecular complexity index is 2440. The van der Waals surface area contributed by atoms with Crippen molar-refractivity contribution in [3.8, 4) is 22.3 Å². The molecular weight excluding hydrogens is 523 g/mol. The molecule has 3 aromatic heterocycles. The van der Waals surface area contributed by atoms with Gasteiger partial charge in [0, 0.05) is 74.0 Å². The van der Waals surface area contributed by atoms with Crippen LogP contribution in [-0.2, 0) is 0 Å². The van der Waals surface area contributed by atoms with E-state index in [4.69, 9.17) is 4.98 Å². The van der Waals surface area contributed by atoms with E-state index in [9.17, 15) is 0 Å². The molecule has 0 radical (unpaired) electrons. The summed E-state index contributed by atoms with van der Waals surface area (Å²) in [6, 6.07) is 44.3. The van der Waals surface area contributed by atoms with Crippen molar-refractivity contribution in [2.45, 2.75) is 0 Å². The lowest BCUT2D eigenvalue weighted by molar-refractivity contribution is 1.43. The Hall–Kier alpha value is -4.57. The number of benzene rings is 6. The van der Waals surface area contributed by atoms with Crippen LogP contribution in [0.25, 0.3) is 84.3 Å². The molecule has 0 aliphatic heterocycles. The highest BCUT2D eigenvalue weighted by Gasteiger charge is 2.18. The fourth-order valence-electron chi connectivity index (χ4n) is 6.34. The number of nitrogens with zero attached hydrogens (tertiary/aromatic N) is 1. The maximum absolute atomic E-state index is 4.82. The third kappa shape index (κ3) is 3.10. The summed E-state index contributed by atoms with van der Waals surface area (Å²) in [6.07, 6.45) is 1.90. The second kappa shape index (κ2) is 8.46. The van der Waals surface area contributed by atoms with E-state index in [0.717, 1.165) is 5.52 Å². The van der Waals surface area contributed by atoms with Gasteiger partial charge in [-0.2, -0.15) is 0 Å². The normalized spacial score (nSPS) is 12.0. The first-order chi connectivity index (χ1) is 19.8. The number of thiophene rings is 2. The Morgan fingerprint density at radius 3 is 1.73 bits per heavy atom. The van der Waals surface area contributed by atoms with Gasteiger partial charge in [0.1, 0.15) is 0 Å². The molecule has 0 fully saturated rings. The minimum absolute atomic E-state index is 1.06. The van der Waals surface area contributed by atoms with Crippen molar-refractivity contribution in [2.24, 2.45) is 0 Å². The minimum atomic E-state index is 1.06. The van der Waals surface area contributed by atoms with Gasteiger partial charge in [0.25, 0.3) is 0 Å². The predicted octanol–water partition coefficient (Wildman–Crippen LogP) is 11.5. The molecule has 0 bridgehead atoms. The molecule has 0 spiro atoms. The Balaban J connectivity index is 1.36. The van der Waals surface area contributed by atoms with E-state index in [0.29, 0.717) is 0 Å². The molecule has 186 valence electrons. The molecule has 0 unspecified atom stereocenters. The standard InChI is InChI=1S/C37H21NS2/c1-2-18-32-24(10-1)26-12-4-14-28(35(26)39-32)29-16-6-17-31-30-15-5-13-27(36(30)40-37(29)31)25-11-3-8-22-19-20-23-9-7-21-38-34(23)33(22)25/h1-21H. The van der Waals surface area contributed by atoms with Gasteiger partial charge in [0.2, 0.25) is 0 Å². The Labute approximate surface area is 238 Å². The molecule has 0 aliphatic carbocycles. The smallest absolute Gasteiger partial charge is 0.0786 e. The third-order valence-electron chi connectivity index (χ3n) is 8.12. The van der Waals surface area contributed by atoms with Gasteiger partial charge in [-0.25, -0.2) is 0 Å². The van der Waals surface area contributed by atoms with E-state index in [-0.39, 0.29) is 0 Å². The Morgan fingerprint density at radius 2 is 0.950 bits per heavy atom. The van der Waals surface area contributed by atoms with Crippen LogP contribution in [0.5, 0.6) is 0 Å². The average molecular weight is 544 g/mol. The van der Waals surface area contributed by atoms with Crippen LogP contribution in [-0.4, -0.2) is 4.98 Å². The fraction of sp³-hybridized carbons (Fsp3) is 0. The molecule has 1 nitrogen and oxygen atoms in total. The van der Waals surface area contributed by atoms with Crippen LogP contribution >= 0.6 is 22.7 Å². The molecule has 3 heteroatoms. The van der Waals surface area contributed by atoms with Gasteiger partial charge >= 0.3 is 0 Å². The van der Waals surface area contributed by atoms with Crippen LogP contribution in [0, 0.1) is 0 Å². The van der Waals surface area contributed by atoms with Crippen molar-refractivity contribution in [3.63, 3.8) is 0 Å². The highest BCUT2D eigenvalue weighted by Crippen LogP contribution is 2.47. The van der Waals surface area contributed by atoms with Crippen LogP contribution in [0.3, 0.4) is 0 Å². The monoisotopic (exact) mass is 543 g/mol. The van der Waals surface area contributed by atoms with Crippen LogP contribution in [0.2, 0.25) is 0 Å². The predicted molar refractivity (Wildman–Crippen MR) is 176 cm³/mol. The largest absolute Gasteiger partial charge is 0.256 e. The lowest BCUT2D eigenvalue weighted by Crippen LogP contribution is -1.86. The fourth-order valence-corrected chi connectivity index (χ4v) is 8.93. The first-order valence-corrected chi connectivity index (χ1v) is 15.1. The number of aromatic nitrogens is 1. The van der Waals surface area contributed by atoms with E-state index in [2.05, 4.69) is 115 Å². The summed E-state index contributed by atoms with van der Waals surface area (Å²) in [7, 11) is 0. The third-order valence-corrected chi connectivity index (χ3v) is 10.6. The van der Waals surface area contributed by atoms with Gasteiger partial charge < -0.3 is 0 Å². The molecule has 9 aromatic rings. The van der Waals surface area contributed by atoms with Crippen molar-refractivity contribution in [1.29, 1.82) is 0 Å². The molecule has 0 saturated heterocycles. The molecule has 40 heavy (non-hydrogen) atoms. The van der Waals surface area contributed by atoms with Crippen LogP contribution in [0.4, 0.5) is 0 Å². The van der Waals surface area contributed by atoms with Crippen molar-refractivity contribution in [2.75, 3.05) is 0 Å². The first-order valence-electron chi connectivity index (χ1n) is 13.5. The minimum Gasteiger partial charge on any atom is -0.256 e. The summed E-state index contributed by atoms with van der Waals surface area (Å²) in [5, 5.41) is 8.93. The molecule has 0 N–H and O–H groups in total. The van der Waals surface area contributed by atoms with Gasteiger partial charge in [-0.3, -0.25) is 4.98 Å². The Kier molecular flexibility index (Phi) is 4.71. The summed E-state index contributed by atoms with van der Waals surface area (Å²) in [4.78, 5) is 4.82. The lowest BCUT2D eigenvalue weighted by atomic mass is 9.94. The number of fused-ring (bicyclic) bond motifs is 9. The van der Waals surface area contributed by atoms with Gasteiger partial charge in [-0.15, -0.1) is 22.7 Å². The van der Waals surface area contributed by atoms with Crippen molar-refractivity contribution in [3.05, 3.63) is 128 Å². The van der Waals surface area contributed by atoms with Crippen molar-refractivity contribution in [1.82, 2.24) is 4.98 Å². The summed E-state index contributed by atoms with van der Waals surface area (Å²) in [5.74, 6) is 0. The quantitative estimate of drug-likeness (QED) is 0.198. The maximum atomic E-state index is 4.82. The van der Waals surface area contributed by atoms with Crippen molar-refractivity contribution < 1.29 is 0 Å². The average Bonchev–Trinajstić information content (AvgIpc) is 3.59. The van der Waals surface area contributed by atoms with E-state index >= 15 is 0 Å². The highest BCUT2D eigenvalue weighted by molar-refractivity contribution is 7.27. The van der Waals surface area contributed by atoms with Crippen LogP contribution in [0.15, 0.2) is 128 Å². The number of pyridine rings is 1. The molecule has 3 heterocycles. The van der Waals surface area contributed by atoms with E-state index < -0.39 is 0 Å². The molecule has 0 saturated carbocycles. The number of hydrogen-bond donors (Lipinski definition) is 0. The van der Waals surface area contributed by atoms with Gasteiger partial charge in [0.15, 0.2) is 0 Å². The first kappa shape index (κ1) is 22.3. The second-order valence-electron chi connectivity index (χ2n) is 10.3. The zero-order valence-electron chi connectivity index (χ0n) is 21.4. The Morgan fingerprint density at radius 1 is 0.400 bits per heavy atom. The molecule has 0 atom stereocenters. The molecule has 0 amide bonds. The maximum Gasteiger partial charge on any atom is 0.0786 e. The molecule has 9 rings (SSSR count). The summed E-state index contributed by atoms with van der Waals surface area (Å²) in [5.41, 5.74) is 6.20. The van der Waals surface area contributed by atoms with Gasteiger partial charge in [-0.05, 0) is 23.1 Å². The van der Waals surface area contributed by atoms with Crippen LogP contribution in [0.1, 0.15) is 0 Å². The molecular formula is C37H21NS2. The zero-order valence-corrected chi connectivity index (χ0v) is 23.0. The number of rotatable bonds is 2. The second-order valence-corrected chi connectivity index (χ2v) is 12.4. The van der Waals surface area contributed by atoms with Gasteiger partial charge in [-0.1, -0.05) is 109 Å². The topological polar surface area (TPSA) is 12.9 Å². The zero-order chi connectivity index (χ0) is 26.2. The van der Waals surface area contributed by atoms with Gasteiger partial charge in [0.05, 0.1) is 5.52 Å². The van der Waals surface area contributed by atoms with E-state index in [1.165, 1.54) is 78.8 Å². The molecule has 6 aromatic carbocycles. The molecule has 0 aliphatic rings. The van der Waals surface area contributed by atoms with Crippen molar-refractivity contribution >= 4 is 84.7 Å². The highest BCUT2D eigenvalue weighted by atomic mass is 32.1.